The number of carbonyl (C=O) groups excluding carboxylic acids is 3. The lowest BCUT2D eigenvalue weighted by molar-refractivity contribution is -0.775. The van der Waals surface area contributed by atoms with E-state index in [4.69, 9.17) is 9.47 Å². The number of carbonyl (C=O) groups is 3. The van der Waals surface area contributed by atoms with Crippen molar-refractivity contribution in [2.45, 2.75) is 25.9 Å². The van der Waals surface area contributed by atoms with Crippen LogP contribution in [0.1, 0.15) is 40.9 Å². The number of quaternary nitrogens is 1. The van der Waals surface area contributed by atoms with Gasteiger partial charge in [-0.25, -0.2) is 9.59 Å². The lowest BCUT2D eigenvalue weighted by Gasteiger charge is -2.28. The molecule has 1 aliphatic heterocycles. The third-order valence-corrected chi connectivity index (χ3v) is 5.80. The summed E-state index contributed by atoms with van der Waals surface area (Å²) in [6.07, 6.45) is 0.138. The fourth-order valence-corrected chi connectivity index (χ4v) is 3.92. The molecule has 2 aromatic rings. The first-order valence-corrected chi connectivity index (χ1v) is 11.2. The zero-order chi connectivity index (χ0) is 25.0. The molecule has 34 heavy (non-hydrogen) atoms. The minimum absolute atomic E-state index is 0.0244. The lowest BCUT2D eigenvalue weighted by atomic mass is 10.0. The van der Waals surface area contributed by atoms with E-state index < -0.39 is 6.04 Å². The number of ether oxygens (including phenoxy) is 2. The number of urea groups is 1. The molecule has 4 amide bonds. The number of anilines is 1. The van der Waals surface area contributed by atoms with Crippen LogP contribution in [0.25, 0.3) is 0 Å². The summed E-state index contributed by atoms with van der Waals surface area (Å²) < 4.78 is 11.1. The number of benzene rings is 2. The second-order valence-electron chi connectivity index (χ2n) is 8.58. The van der Waals surface area contributed by atoms with Crippen molar-refractivity contribution in [1.82, 2.24) is 9.80 Å². The van der Waals surface area contributed by atoms with Crippen LogP contribution in [-0.2, 0) is 11.3 Å². The molecule has 2 N–H and O–H groups in total. The van der Waals surface area contributed by atoms with Crippen molar-refractivity contribution in [3.05, 3.63) is 53.1 Å². The average Bonchev–Trinajstić information content (AvgIpc) is 3.14. The summed E-state index contributed by atoms with van der Waals surface area (Å²) in [5.74, 6) is 0.882. The number of fused-ring (bicyclic) bond motifs is 1. The maximum atomic E-state index is 13.7. The summed E-state index contributed by atoms with van der Waals surface area (Å²) in [5, 5.41) is 2.80. The molecular weight excluding hydrogens is 436 g/mol. The van der Waals surface area contributed by atoms with E-state index in [2.05, 4.69) is 5.32 Å². The van der Waals surface area contributed by atoms with Gasteiger partial charge in [-0.1, -0.05) is 18.2 Å². The molecule has 0 saturated heterocycles. The molecule has 9 nitrogen and oxygen atoms in total. The molecule has 1 atom stereocenters. The van der Waals surface area contributed by atoms with Gasteiger partial charge >= 0.3 is 11.9 Å². The van der Waals surface area contributed by atoms with E-state index in [1.807, 2.05) is 31.2 Å². The Kier molecular flexibility index (Phi) is 7.78. The molecule has 0 radical (unpaired) electrons. The lowest BCUT2D eigenvalue weighted by Crippen LogP contribution is -3.08. The first-order valence-electron chi connectivity index (χ1n) is 11.2. The Morgan fingerprint density at radius 3 is 2.53 bits per heavy atom. The fourth-order valence-electron chi connectivity index (χ4n) is 3.92. The topological polar surface area (TPSA) is 92.6 Å². The van der Waals surface area contributed by atoms with Crippen molar-refractivity contribution in [1.29, 1.82) is 0 Å². The highest BCUT2D eigenvalue weighted by Gasteiger charge is 2.38. The van der Waals surface area contributed by atoms with Gasteiger partial charge in [0.25, 0.3) is 5.91 Å². The van der Waals surface area contributed by atoms with Gasteiger partial charge in [0.1, 0.15) is 0 Å². The van der Waals surface area contributed by atoms with Gasteiger partial charge in [0.05, 0.1) is 51.5 Å². The average molecular weight is 470 g/mol. The molecule has 0 fully saturated rings. The van der Waals surface area contributed by atoms with Crippen LogP contribution >= 0.6 is 0 Å². The number of rotatable bonds is 8. The minimum Gasteiger partial charge on any atom is -0.493 e. The highest BCUT2D eigenvalue weighted by molar-refractivity contribution is 6.06. The van der Waals surface area contributed by atoms with Crippen molar-refractivity contribution in [2.24, 2.45) is 0 Å². The summed E-state index contributed by atoms with van der Waals surface area (Å²) in [5.41, 5.74) is 2.48. The standard InChI is InChI=1S/C25H32N4O5/c1-7-34-21-13-16(11-12-20(21)33-6)19(14-22(30)27(2)3)29-15-17-9-8-10-18(23(17)24(29)31)26-25(32)28(4)5/h8-13,19H,7,14-15H2,1-6H3,(H,26,32)/p+1. The second kappa shape index (κ2) is 10.6. The normalized spacial score (nSPS) is 13.5. The maximum absolute atomic E-state index is 13.7. The summed E-state index contributed by atoms with van der Waals surface area (Å²) in [4.78, 5) is 42.5. The van der Waals surface area contributed by atoms with Crippen LogP contribution in [0.3, 0.4) is 0 Å². The minimum atomic E-state index is -0.509. The van der Waals surface area contributed by atoms with Gasteiger partial charge in [-0.15, -0.1) is 0 Å². The Morgan fingerprint density at radius 1 is 1.18 bits per heavy atom. The van der Waals surface area contributed by atoms with Crippen LogP contribution in [0.15, 0.2) is 36.4 Å². The van der Waals surface area contributed by atoms with Crippen molar-refractivity contribution in [3.63, 3.8) is 0 Å². The van der Waals surface area contributed by atoms with Crippen LogP contribution in [-0.4, -0.2) is 69.6 Å². The van der Waals surface area contributed by atoms with Gasteiger partial charge < -0.3 is 24.6 Å². The quantitative estimate of drug-likeness (QED) is 0.617. The smallest absolute Gasteiger partial charge is 0.321 e. The Bertz CT molecular complexity index is 1080. The zero-order valence-electron chi connectivity index (χ0n) is 20.6. The number of amides is 4. The maximum Gasteiger partial charge on any atom is 0.321 e. The Balaban J connectivity index is 2.02. The van der Waals surface area contributed by atoms with Crippen LogP contribution in [0.2, 0.25) is 0 Å². The Labute approximate surface area is 200 Å². The molecule has 2 aromatic carbocycles. The molecule has 9 heteroatoms. The van der Waals surface area contributed by atoms with Gasteiger partial charge in [-0.2, -0.15) is 0 Å². The van der Waals surface area contributed by atoms with Crippen molar-refractivity contribution in [3.8, 4) is 11.5 Å². The largest absolute Gasteiger partial charge is 0.493 e. The molecule has 3 rings (SSSR count). The van der Waals surface area contributed by atoms with E-state index >= 15 is 0 Å². The third-order valence-electron chi connectivity index (χ3n) is 5.80. The van der Waals surface area contributed by atoms with E-state index in [9.17, 15) is 14.4 Å². The predicted molar refractivity (Wildman–Crippen MR) is 128 cm³/mol. The summed E-state index contributed by atoms with van der Waals surface area (Å²) in [6.45, 7) is 2.66. The third kappa shape index (κ3) is 5.14. The van der Waals surface area contributed by atoms with Crippen LogP contribution in [0.5, 0.6) is 11.5 Å². The van der Waals surface area contributed by atoms with Gasteiger partial charge in [0.2, 0.25) is 0 Å². The molecule has 1 heterocycles. The Morgan fingerprint density at radius 2 is 1.91 bits per heavy atom. The first kappa shape index (κ1) is 25.0. The van der Waals surface area contributed by atoms with Gasteiger partial charge in [-0.05, 0) is 36.2 Å². The van der Waals surface area contributed by atoms with Crippen LogP contribution in [0.4, 0.5) is 10.5 Å². The molecule has 0 saturated carbocycles. The molecule has 0 aliphatic carbocycles. The molecule has 0 spiro atoms. The van der Waals surface area contributed by atoms with Gasteiger partial charge in [0, 0.05) is 20.6 Å². The van der Waals surface area contributed by atoms with E-state index in [1.165, 1.54) is 4.90 Å². The van der Waals surface area contributed by atoms with Crippen LogP contribution < -0.4 is 19.7 Å². The summed E-state index contributed by atoms with van der Waals surface area (Å²) in [6, 6.07) is 10.0. The molecule has 182 valence electrons. The summed E-state index contributed by atoms with van der Waals surface area (Å²) >= 11 is 0. The monoisotopic (exact) mass is 469 g/mol. The molecule has 0 aromatic heterocycles. The first-order chi connectivity index (χ1) is 16.2. The van der Waals surface area contributed by atoms with E-state index in [-0.39, 0.29) is 24.3 Å². The predicted octanol–water partition coefficient (Wildman–Crippen LogP) is 1.95. The molecule has 1 aliphatic rings. The highest BCUT2D eigenvalue weighted by atomic mass is 16.5. The molecule has 0 bridgehead atoms. The van der Waals surface area contributed by atoms with Gasteiger partial charge in [-0.3, -0.25) is 9.69 Å². The van der Waals surface area contributed by atoms with Gasteiger partial charge in [0.15, 0.2) is 11.5 Å². The molecular formula is C25H33N4O5+. The van der Waals surface area contributed by atoms with Crippen molar-refractivity contribution < 1.29 is 28.8 Å². The molecule has 1 unspecified atom stereocenters. The van der Waals surface area contributed by atoms with Crippen molar-refractivity contribution >= 4 is 23.5 Å². The second-order valence-corrected chi connectivity index (χ2v) is 8.58. The highest BCUT2D eigenvalue weighted by Crippen LogP contribution is 2.39. The summed E-state index contributed by atoms with van der Waals surface area (Å²) in [7, 11) is 8.38. The van der Waals surface area contributed by atoms with Crippen molar-refractivity contribution in [2.75, 3.05) is 47.2 Å². The van der Waals surface area contributed by atoms with Crippen LogP contribution in [0, 0.1) is 0 Å². The van der Waals surface area contributed by atoms with E-state index in [1.54, 1.807) is 52.3 Å². The number of hydrogen-bond donors (Lipinski definition) is 2. The number of nitrogens with zero attached hydrogens (tertiary/aromatic N) is 2. The number of hydrogen-bond acceptors (Lipinski definition) is 5. The Hall–Kier alpha value is -3.59. The number of nitrogens with one attached hydrogen (secondary N) is 2. The van der Waals surface area contributed by atoms with E-state index in [0.29, 0.717) is 40.8 Å². The number of methoxy groups -OCH3 is 1. The zero-order valence-corrected chi connectivity index (χ0v) is 20.6. The SMILES string of the molecule is CCOc1cc(C(CC(=O)[NH+](C)C)N2Cc3cccc(NC(=O)N(C)C)c3C2=O)ccc1OC. The fraction of sp³-hybridized carbons (Fsp3) is 0.400. The van der Waals surface area contributed by atoms with E-state index in [0.717, 1.165) is 11.1 Å².